The summed E-state index contributed by atoms with van der Waals surface area (Å²) in [5, 5.41) is 0. The minimum absolute atomic E-state index is 0.0413. The van der Waals surface area contributed by atoms with Crippen molar-refractivity contribution in [1.82, 2.24) is 9.21 Å². The third-order valence-electron chi connectivity index (χ3n) is 6.04. The summed E-state index contributed by atoms with van der Waals surface area (Å²) in [6, 6.07) is 17.2. The Hall–Kier alpha value is -2.67. The van der Waals surface area contributed by atoms with Gasteiger partial charge in [-0.2, -0.15) is 0 Å². The van der Waals surface area contributed by atoms with Gasteiger partial charge in [-0.25, -0.2) is 12.7 Å². The molecule has 2 heterocycles. The van der Waals surface area contributed by atoms with E-state index in [9.17, 15) is 18.0 Å². The van der Waals surface area contributed by atoms with Gasteiger partial charge in [0, 0.05) is 19.5 Å². The van der Waals surface area contributed by atoms with Crippen molar-refractivity contribution in [2.24, 2.45) is 5.92 Å². The van der Waals surface area contributed by atoms with Crippen LogP contribution in [0, 0.1) is 5.92 Å². The minimum atomic E-state index is -4.04. The Bertz CT molecular complexity index is 1000. The monoisotopic (exact) mass is 426 g/mol. The van der Waals surface area contributed by atoms with Crippen LogP contribution in [0.25, 0.3) is 0 Å². The van der Waals surface area contributed by atoms with Crippen molar-refractivity contribution in [3.05, 3.63) is 66.2 Å². The normalized spacial score (nSPS) is 20.5. The fourth-order valence-corrected chi connectivity index (χ4v) is 6.03. The Morgan fingerprint density at radius 1 is 0.900 bits per heavy atom. The maximum Gasteiger partial charge on any atom is 0.267 e. The van der Waals surface area contributed by atoms with Gasteiger partial charge in [0.15, 0.2) is 0 Å². The number of hydrogen-bond donors (Lipinski definition) is 0. The smallest absolute Gasteiger partial charge is 0.267 e. The van der Waals surface area contributed by atoms with Gasteiger partial charge in [0.1, 0.15) is 6.04 Å². The SMILES string of the molecule is O=C(C1CCC(=O)N1S(=O)(=O)c1ccccc1)N1CCC(Cc2ccccc2)CC1. The standard InChI is InChI=1S/C23H26N2O4S/c26-22-12-11-21(25(22)30(28,29)20-9-5-2-6-10-20)23(27)24-15-13-19(14-16-24)17-18-7-3-1-4-8-18/h1-10,19,21H,11-17H2. The van der Waals surface area contributed by atoms with Gasteiger partial charge < -0.3 is 4.90 Å². The van der Waals surface area contributed by atoms with Crippen molar-refractivity contribution < 1.29 is 18.0 Å². The third-order valence-corrected chi connectivity index (χ3v) is 7.88. The van der Waals surface area contributed by atoms with Crippen LogP contribution < -0.4 is 0 Å². The Balaban J connectivity index is 1.43. The van der Waals surface area contributed by atoms with Crippen molar-refractivity contribution in [2.45, 2.75) is 43.0 Å². The molecule has 0 saturated carbocycles. The summed E-state index contributed by atoms with van der Waals surface area (Å²) in [6.07, 6.45) is 3.07. The number of sulfonamides is 1. The number of carbonyl (C=O) groups is 2. The molecule has 0 radical (unpaired) electrons. The molecule has 2 aliphatic rings. The summed E-state index contributed by atoms with van der Waals surface area (Å²) in [5.41, 5.74) is 1.30. The molecule has 7 heteroatoms. The molecule has 1 unspecified atom stereocenters. The maximum absolute atomic E-state index is 13.2. The molecule has 2 fully saturated rings. The van der Waals surface area contributed by atoms with Crippen LogP contribution in [0.4, 0.5) is 0 Å². The van der Waals surface area contributed by atoms with Crippen molar-refractivity contribution in [3.63, 3.8) is 0 Å². The molecule has 0 aliphatic carbocycles. The summed E-state index contributed by atoms with van der Waals surface area (Å²) < 4.78 is 26.9. The first-order chi connectivity index (χ1) is 14.5. The van der Waals surface area contributed by atoms with E-state index < -0.39 is 22.0 Å². The summed E-state index contributed by atoms with van der Waals surface area (Å²) in [6.45, 7) is 1.19. The van der Waals surface area contributed by atoms with Gasteiger partial charge in [-0.05, 0) is 49.3 Å². The van der Waals surface area contributed by atoms with E-state index in [1.54, 1.807) is 23.1 Å². The largest absolute Gasteiger partial charge is 0.341 e. The molecule has 1 atom stereocenters. The summed E-state index contributed by atoms with van der Waals surface area (Å²) in [7, 11) is -4.04. The highest BCUT2D eigenvalue weighted by molar-refractivity contribution is 7.89. The Labute approximate surface area is 177 Å². The predicted molar refractivity (Wildman–Crippen MR) is 113 cm³/mol. The fourth-order valence-electron chi connectivity index (χ4n) is 4.41. The number of hydrogen-bond acceptors (Lipinski definition) is 4. The number of carbonyl (C=O) groups excluding carboxylic acids is 2. The molecule has 2 saturated heterocycles. The van der Waals surface area contributed by atoms with E-state index >= 15 is 0 Å². The first kappa shape index (κ1) is 20.6. The summed E-state index contributed by atoms with van der Waals surface area (Å²) in [4.78, 5) is 27.4. The number of benzene rings is 2. The topological polar surface area (TPSA) is 74.8 Å². The van der Waals surface area contributed by atoms with Gasteiger partial charge in [0.05, 0.1) is 4.90 Å². The van der Waals surface area contributed by atoms with Crippen LogP contribution in [0.5, 0.6) is 0 Å². The zero-order chi connectivity index (χ0) is 21.1. The molecule has 2 aromatic rings. The first-order valence-corrected chi connectivity index (χ1v) is 11.9. The lowest BCUT2D eigenvalue weighted by Crippen LogP contribution is -2.51. The number of amides is 2. The number of likely N-dealkylation sites (tertiary alicyclic amines) is 1. The number of nitrogens with zero attached hydrogens (tertiary/aromatic N) is 2. The van der Waals surface area contributed by atoms with Gasteiger partial charge in [-0.3, -0.25) is 9.59 Å². The van der Waals surface area contributed by atoms with Crippen LogP contribution in [-0.2, 0) is 26.0 Å². The zero-order valence-corrected chi connectivity index (χ0v) is 17.6. The van der Waals surface area contributed by atoms with Crippen LogP contribution in [0.2, 0.25) is 0 Å². The van der Waals surface area contributed by atoms with E-state index in [0.29, 0.717) is 19.0 Å². The molecule has 4 rings (SSSR count). The van der Waals surface area contributed by atoms with Crippen molar-refractivity contribution in [2.75, 3.05) is 13.1 Å². The van der Waals surface area contributed by atoms with Crippen LogP contribution in [0.15, 0.2) is 65.6 Å². The van der Waals surface area contributed by atoms with E-state index in [1.165, 1.54) is 17.7 Å². The quantitative estimate of drug-likeness (QED) is 0.737. The highest BCUT2D eigenvalue weighted by Crippen LogP contribution is 2.30. The van der Waals surface area contributed by atoms with Crippen molar-refractivity contribution >= 4 is 21.8 Å². The van der Waals surface area contributed by atoms with Crippen LogP contribution in [0.3, 0.4) is 0 Å². The molecule has 158 valence electrons. The lowest BCUT2D eigenvalue weighted by Gasteiger charge is -2.35. The van der Waals surface area contributed by atoms with E-state index in [0.717, 1.165) is 23.6 Å². The molecular weight excluding hydrogens is 400 g/mol. The molecule has 6 nitrogen and oxygen atoms in total. The zero-order valence-electron chi connectivity index (χ0n) is 16.8. The van der Waals surface area contributed by atoms with Gasteiger partial charge in [0.2, 0.25) is 11.8 Å². The average molecular weight is 427 g/mol. The second kappa shape index (κ2) is 8.60. The van der Waals surface area contributed by atoms with Gasteiger partial charge >= 0.3 is 0 Å². The second-order valence-electron chi connectivity index (χ2n) is 8.02. The van der Waals surface area contributed by atoms with E-state index in [2.05, 4.69) is 12.1 Å². The third kappa shape index (κ3) is 4.12. The molecular formula is C23H26N2O4S. The molecule has 2 aliphatic heterocycles. The molecule has 0 N–H and O–H groups in total. The molecule has 2 amide bonds. The molecule has 2 aromatic carbocycles. The highest BCUT2D eigenvalue weighted by Gasteiger charge is 2.45. The lowest BCUT2D eigenvalue weighted by atomic mass is 9.90. The summed E-state index contributed by atoms with van der Waals surface area (Å²) >= 11 is 0. The number of rotatable bonds is 5. The maximum atomic E-state index is 13.2. The van der Waals surface area contributed by atoms with Gasteiger partial charge in [-0.1, -0.05) is 48.5 Å². The second-order valence-corrected chi connectivity index (χ2v) is 9.84. The Morgan fingerprint density at radius 3 is 2.13 bits per heavy atom. The first-order valence-electron chi connectivity index (χ1n) is 10.4. The van der Waals surface area contributed by atoms with E-state index in [1.807, 2.05) is 18.2 Å². The van der Waals surface area contributed by atoms with Crippen LogP contribution >= 0.6 is 0 Å². The predicted octanol–water partition coefficient (Wildman–Crippen LogP) is 2.85. The fraction of sp³-hybridized carbons (Fsp3) is 0.391. The van der Waals surface area contributed by atoms with Crippen molar-refractivity contribution in [3.8, 4) is 0 Å². The molecule has 0 spiro atoms. The van der Waals surface area contributed by atoms with E-state index in [4.69, 9.17) is 0 Å². The van der Waals surface area contributed by atoms with Crippen LogP contribution in [0.1, 0.15) is 31.2 Å². The Kier molecular flexibility index (Phi) is 5.90. The highest BCUT2D eigenvalue weighted by atomic mass is 32.2. The van der Waals surface area contributed by atoms with Gasteiger partial charge in [-0.15, -0.1) is 0 Å². The van der Waals surface area contributed by atoms with Crippen molar-refractivity contribution in [1.29, 1.82) is 0 Å². The van der Waals surface area contributed by atoms with Gasteiger partial charge in [0.25, 0.3) is 10.0 Å². The number of piperidine rings is 1. The van der Waals surface area contributed by atoms with E-state index in [-0.39, 0.29) is 23.6 Å². The molecule has 30 heavy (non-hydrogen) atoms. The minimum Gasteiger partial charge on any atom is -0.341 e. The Morgan fingerprint density at radius 2 is 1.50 bits per heavy atom. The summed E-state index contributed by atoms with van der Waals surface area (Å²) in [5.74, 6) is -0.250. The molecule has 0 bridgehead atoms. The van der Waals surface area contributed by atoms with Crippen LogP contribution in [-0.4, -0.2) is 48.6 Å². The lowest BCUT2D eigenvalue weighted by molar-refractivity contribution is -0.139. The molecule has 0 aromatic heterocycles. The average Bonchev–Trinajstić information content (AvgIpc) is 3.17.